The largest absolute Gasteiger partial charge is 0.309 e. The van der Waals surface area contributed by atoms with Crippen LogP contribution >= 0.6 is 7.14 Å². The molecule has 0 bridgehead atoms. The first-order valence-corrected chi connectivity index (χ1v) is 10.1. The number of nitrogens with zero attached hydrogens (tertiary/aromatic N) is 2. The minimum Gasteiger partial charge on any atom is -0.309 e. The molecule has 1 aromatic heterocycles. The summed E-state index contributed by atoms with van der Waals surface area (Å²) >= 11 is 0. The van der Waals surface area contributed by atoms with Crippen molar-refractivity contribution < 1.29 is 4.57 Å². The van der Waals surface area contributed by atoms with Crippen molar-refractivity contribution in [3.63, 3.8) is 0 Å². The third-order valence-electron chi connectivity index (χ3n) is 4.36. The third kappa shape index (κ3) is 2.98. The maximum absolute atomic E-state index is 14.2. The first-order chi connectivity index (χ1) is 12.8. The molecule has 0 saturated carbocycles. The van der Waals surface area contributed by atoms with Crippen LogP contribution in [-0.4, -0.2) is 9.97 Å². The summed E-state index contributed by atoms with van der Waals surface area (Å²) in [6, 6.07) is 27.2. The number of aromatic nitrogens is 2. The molecule has 0 N–H and O–H groups in total. The molecule has 3 nitrogen and oxygen atoms in total. The van der Waals surface area contributed by atoms with Crippen LogP contribution in [0, 0.1) is 0 Å². The molecule has 0 spiro atoms. The van der Waals surface area contributed by atoms with Crippen molar-refractivity contribution in [3.05, 3.63) is 104 Å². The van der Waals surface area contributed by atoms with Crippen LogP contribution in [0.3, 0.4) is 0 Å². The summed E-state index contributed by atoms with van der Waals surface area (Å²) in [7, 11) is -2.92. The first-order valence-electron chi connectivity index (χ1n) is 8.36. The van der Waals surface area contributed by atoms with E-state index >= 15 is 0 Å². The molecule has 0 atom stereocenters. The van der Waals surface area contributed by atoms with Crippen molar-refractivity contribution in [1.29, 1.82) is 0 Å². The van der Waals surface area contributed by atoms with Crippen molar-refractivity contribution in [3.8, 4) is 11.1 Å². The molecule has 0 unspecified atom stereocenters. The molecular formula is C22H17N2OP. The molecule has 4 heteroatoms. The van der Waals surface area contributed by atoms with Gasteiger partial charge >= 0.3 is 0 Å². The van der Waals surface area contributed by atoms with Gasteiger partial charge in [0.25, 0.3) is 0 Å². The van der Waals surface area contributed by atoms with Gasteiger partial charge in [0.2, 0.25) is 0 Å². The zero-order valence-electron chi connectivity index (χ0n) is 14.1. The number of hydrogen-bond donors (Lipinski definition) is 0. The van der Waals surface area contributed by atoms with Gasteiger partial charge in [-0.25, -0.2) is 9.97 Å². The zero-order valence-corrected chi connectivity index (χ0v) is 15.0. The van der Waals surface area contributed by atoms with Gasteiger partial charge in [0, 0.05) is 33.9 Å². The van der Waals surface area contributed by atoms with Crippen molar-refractivity contribution in [2.45, 2.75) is 0 Å². The topological polar surface area (TPSA) is 42.9 Å². The normalized spacial score (nSPS) is 11.2. The SMILES string of the molecule is O=P(c1ccccc1)(c1ccccc1)c1ccc(-c2cncnc2)cc1. The Balaban J connectivity index is 1.84. The lowest BCUT2D eigenvalue weighted by Crippen LogP contribution is -2.24. The Labute approximate surface area is 152 Å². The maximum Gasteiger partial charge on any atom is 0.171 e. The Morgan fingerprint density at radius 2 is 1.00 bits per heavy atom. The van der Waals surface area contributed by atoms with Crippen molar-refractivity contribution in [2.24, 2.45) is 0 Å². The van der Waals surface area contributed by atoms with E-state index in [-0.39, 0.29) is 0 Å². The standard InChI is InChI=1S/C22H17N2OP/c25-26(20-7-3-1-4-8-20,21-9-5-2-6-10-21)22-13-11-18(12-14-22)19-15-23-17-24-16-19/h1-17H. The lowest BCUT2D eigenvalue weighted by atomic mass is 10.1. The average Bonchev–Trinajstić information content (AvgIpc) is 2.75. The van der Waals surface area contributed by atoms with Crippen LogP contribution in [0.5, 0.6) is 0 Å². The van der Waals surface area contributed by atoms with E-state index in [0.29, 0.717) is 0 Å². The van der Waals surface area contributed by atoms with Crippen molar-refractivity contribution in [2.75, 3.05) is 0 Å². The molecule has 0 amide bonds. The second-order valence-electron chi connectivity index (χ2n) is 5.95. The van der Waals surface area contributed by atoms with E-state index in [1.54, 1.807) is 12.4 Å². The van der Waals surface area contributed by atoms with Gasteiger partial charge in [-0.1, -0.05) is 84.9 Å². The van der Waals surface area contributed by atoms with Crippen LogP contribution < -0.4 is 15.9 Å². The van der Waals surface area contributed by atoms with Gasteiger partial charge in [-0.2, -0.15) is 0 Å². The zero-order chi connectivity index (χ0) is 17.8. The second kappa shape index (κ2) is 7.07. The fourth-order valence-corrected chi connectivity index (χ4v) is 5.68. The third-order valence-corrected chi connectivity index (χ3v) is 7.44. The van der Waals surface area contributed by atoms with E-state index in [4.69, 9.17) is 0 Å². The van der Waals surface area contributed by atoms with E-state index in [0.717, 1.165) is 27.0 Å². The predicted octanol–water partition coefficient (Wildman–Crippen LogP) is 3.78. The quantitative estimate of drug-likeness (QED) is 0.523. The van der Waals surface area contributed by atoms with Crippen LogP contribution in [0.2, 0.25) is 0 Å². The summed E-state index contributed by atoms with van der Waals surface area (Å²) in [6.07, 6.45) is 5.06. The summed E-state index contributed by atoms with van der Waals surface area (Å²) in [5.74, 6) is 0. The van der Waals surface area contributed by atoms with Gasteiger partial charge in [0.05, 0.1) is 0 Å². The summed E-state index contributed by atoms with van der Waals surface area (Å²) in [5, 5.41) is 2.49. The number of benzene rings is 3. The van der Waals surface area contributed by atoms with Gasteiger partial charge in [0.1, 0.15) is 6.33 Å². The minimum absolute atomic E-state index is 0.815. The molecule has 3 aromatic carbocycles. The van der Waals surface area contributed by atoms with Gasteiger partial charge in [-0.05, 0) is 5.56 Å². The minimum atomic E-state index is -2.92. The Hall–Kier alpha value is -3.03. The lowest BCUT2D eigenvalue weighted by molar-refractivity contribution is 0.592. The van der Waals surface area contributed by atoms with Crippen LogP contribution in [0.1, 0.15) is 0 Å². The second-order valence-corrected chi connectivity index (χ2v) is 8.72. The Morgan fingerprint density at radius 3 is 1.50 bits per heavy atom. The summed E-state index contributed by atoms with van der Waals surface area (Å²) in [5.41, 5.74) is 1.94. The van der Waals surface area contributed by atoms with Gasteiger partial charge in [-0.15, -0.1) is 0 Å². The molecule has 0 aliphatic carbocycles. The molecule has 1 heterocycles. The fraction of sp³-hybridized carbons (Fsp3) is 0. The van der Waals surface area contributed by atoms with Crippen LogP contribution in [0.15, 0.2) is 104 Å². The molecule has 0 fully saturated rings. The van der Waals surface area contributed by atoms with E-state index in [1.807, 2.05) is 84.9 Å². The molecular weight excluding hydrogens is 339 g/mol. The Morgan fingerprint density at radius 1 is 0.538 bits per heavy atom. The summed E-state index contributed by atoms with van der Waals surface area (Å²) in [4.78, 5) is 8.12. The molecule has 126 valence electrons. The number of hydrogen-bond acceptors (Lipinski definition) is 3. The first kappa shape index (κ1) is 16.4. The van der Waals surface area contributed by atoms with Crippen LogP contribution in [0.25, 0.3) is 11.1 Å². The molecule has 0 radical (unpaired) electrons. The summed E-state index contributed by atoms with van der Waals surface area (Å²) in [6.45, 7) is 0. The molecule has 4 rings (SSSR count). The highest BCUT2D eigenvalue weighted by molar-refractivity contribution is 7.85. The number of rotatable bonds is 4. The molecule has 0 aliphatic heterocycles. The van der Waals surface area contributed by atoms with E-state index in [9.17, 15) is 4.57 Å². The highest BCUT2D eigenvalue weighted by Gasteiger charge is 2.29. The lowest BCUT2D eigenvalue weighted by Gasteiger charge is -2.20. The fourth-order valence-electron chi connectivity index (χ4n) is 3.04. The van der Waals surface area contributed by atoms with E-state index in [1.165, 1.54) is 6.33 Å². The van der Waals surface area contributed by atoms with Crippen LogP contribution in [-0.2, 0) is 4.57 Å². The molecule has 0 aliphatic rings. The average molecular weight is 356 g/mol. The smallest absolute Gasteiger partial charge is 0.171 e. The maximum atomic E-state index is 14.2. The van der Waals surface area contributed by atoms with Gasteiger partial charge in [-0.3, -0.25) is 0 Å². The van der Waals surface area contributed by atoms with Crippen LogP contribution in [0.4, 0.5) is 0 Å². The molecule has 4 aromatic rings. The molecule has 26 heavy (non-hydrogen) atoms. The van der Waals surface area contributed by atoms with E-state index in [2.05, 4.69) is 9.97 Å². The Bertz CT molecular complexity index is 990. The van der Waals surface area contributed by atoms with Crippen molar-refractivity contribution in [1.82, 2.24) is 9.97 Å². The highest BCUT2D eigenvalue weighted by Crippen LogP contribution is 2.42. The van der Waals surface area contributed by atoms with Gasteiger partial charge < -0.3 is 4.57 Å². The van der Waals surface area contributed by atoms with Gasteiger partial charge in [0.15, 0.2) is 7.14 Å². The Kier molecular flexibility index (Phi) is 4.47. The highest BCUT2D eigenvalue weighted by atomic mass is 31.2. The van der Waals surface area contributed by atoms with E-state index < -0.39 is 7.14 Å². The van der Waals surface area contributed by atoms with Crippen molar-refractivity contribution >= 4 is 23.1 Å². The monoisotopic (exact) mass is 356 g/mol. The predicted molar refractivity (Wildman–Crippen MR) is 107 cm³/mol. The summed E-state index contributed by atoms with van der Waals surface area (Å²) < 4.78 is 14.2. The molecule has 0 saturated heterocycles.